The molecule has 0 aromatic carbocycles. The number of aldehydes is 1. The predicted octanol–water partition coefficient (Wildman–Crippen LogP) is 1.60. The normalized spacial score (nSPS) is 23.1. The van der Waals surface area contributed by atoms with Gasteiger partial charge in [-0.2, -0.15) is 0 Å². The number of carbonyl (C=O) groups excluding carboxylic acids is 1. The molecule has 3 heterocycles. The van der Waals surface area contributed by atoms with E-state index >= 15 is 0 Å². The van der Waals surface area contributed by atoms with E-state index in [0.717, 1.165) is 63.7 Å². The van der Waals surface area contributed by atoms with Crippen LogP contribution < -0.4 is 9.80 Å². The highest BCUT2D eigenvalue weighted by Gasteiger charge is 2.24. The second kappa shape index (κ2) is 5.97. The fourth-order valence-corrected chi connectivity index (χ4v) is 2.89. The summed E-state index contributed by atoms with van der Waals surface area (Å²) in [6.45, 7) is 4.72. The summed E-state index contributed by atoms with van der Waals surface area (Å²) in [5.41, 5.74) is 0. The summed E-state index contributed by atoms with van der Waals surface area (Å²) in [7, 11) is 0. The molecule has 3 rings (SSSR count). The van der Waals surface area contributed by atoms with Crippen molar-refractivity contribution in [2.45, 2.75) is 6.42 Å². The summed E-state index contributed by atoms with van der Waals surface area (Å²) in [6.07, 6.45) is 1.93. The van der Waals surface area contributed by atoms with Crippen LogP contribution in [0.15, 0.2) is 12.1 Å². The quantitative estimate of drug-likeness (QED) is 0.793. The van der Waals surface area contributed by atoms with Gasteiger partial charge in [-0.25, -0.2) is 4.98 Å². The van der Waals surface area contributed by atoms with E-state index in [9.17, 15) is 4.79 Å². The van der Waals surface area contributed by atoms with Crippen LogP contribution in [0.2, 0.25) is 5.02 Å². The van der Waals surface area contributed by atoms with Gasteiger partial charge in [0.25, 0.3) is 0 Å². The maximum atomic E-state index is 10.9. The molecule has 0 bridgehead atoms. The van der Waals surface area contributed by atoms with Crippen LogP contribution in [0.25, 0.3) is 0 Å². The highest BCUT2D eigenvalue weighted by Crippen LogP contribution is 2.27. The number of hydrogen-bond donors (Lipinski definition) is 0. The number of ether oxygens (including phenoxy) is 1. The van der Waals surface area contributed by atoms with E-state index in [1.54, 1.807) is 0 Å². The number of carbonyl (C=O) groups is 1. The van der Waals surface area contributed by atoms with E-state index in [4.69, 9.17) is 21.3 Å². The highest BCUT2D eigenvalue weighted by atomic mass is 35.5. The Balaban J connectivity index is 1.81. The average Bonchev–Trinajstić information content (AvgIpc) is 2.96. The summed E-state index contributed by atoms with van der Waals surface area (Å²) in [5.74, 6) is 1.87. The molecule has 0 spiro atoms. The Labute approximate surface area is 123 Å². The third-order valence-electron chi connectivity index (χ3n) is 3.84. The van der Waals surface area contributed by atoms with Gasteiger partial charge in [-0.1, -0.05) is 11.6 Å². The zero-order valence-corrected chi connectivity index (χ0v) is 12.1. The molecular weight excluding hydrogens is 278 g/mol. The van der Waals surface area contributed by atoms with Crippen LogP contribution in [0.4, 0.5) is 11.6 Å². The smallest absolute Gasteiger partial charge is 0.132 e. The Morgan fingerprint density at radius 1 is 1.20 bits per heavy atom. The topological polar surface area (TPSA) is 45.7 Å². The maximum Gasteiger partial charge on any atom is 0.132 e. The number of nitrogens with zero attached hydrogens (tertiary/aromatic N) is 3. The predicted molar refractivity (Wildman–Crippen MR) is 78.7 cm³/mol. The van der Waals surface area contributed by atoms with Crippen LogP contribution in [0.3, 0.4) is 0 Å². The van der Waals surface area contributed by atoms with Gasteiger partial charge in [0.05, 0.1) is 13.2 Å². The van der Waals surface area contributed by atoms with E-state index < -0.39 is 0 Å². The minimum absolute atomic E-state index is 0.114. The molecule has 2 aliphatic rings. The van der Waals surface area contributed by atoms with Gasteiger partial charge in [0.2, 0.25) is 0 Å². The van der Waals surface area contributed by atoms with Crippen molar-refractivity contribution in [3.05, 3.63) is 17.2 Å². The number of pyridine rings is 1. The number of aromatic nitrogens is 1. The van der Waals surface area contributed by atoms with Crippen LogP contribution in [-0.4, -0.2) is 50.7 Å². The molecule has 108 valence electrons. The maximum absolute atomic E-state index is 10.9. The first kappa shape index (κ1) is 13.6. The number of rotatable bonds is 3. The molecule has 2 aliphatic heterocycles. The van der Waals surface area contributed by atoms with Crippen LogP contribution in [0, 0.1) is 5.92 Å². The van der Waals surface area contributed by atoms with E-state index in [0.29, 0.717) is 5.02 Å². The second-order valence-electron chi connectivity index (χ2n) is 5.23. The molecule has 0 saturated carbocycles. The Morgan fingerprint density at radius 3 is 2.55 bits per heavy atom. The van der Waals surface area contributed by atoms with Crippen LogP contribution in [-0.2, 0) is 9.53 Å². The van der Waals surface area contributed by atoms with Crippen molar-refractivity contribution in [2.75, 3.05) is 49.2 Å². The monoisotopic (exact) mass is 295 g/mol. The van der Waals surface area contributed by atoms with E-state index in [1.165, 1.54) is 0 Å². The molecule has 0 N–H and O–H groups in total. The number of anilines is 2. The van der Waals surface area contributed by atoms with Crippen molar-refractivity contribution < 1.29 is 9.53 Å². The van der Waals surface area contributed by atoms with Gasteiger partial charge in [0.15, 0.2) is 0 Å². The van der Waals surface area contributed by atoms with Gasteiger partial charge < -0.3 is 19.3 Å². The molecule has 20 heavy (non-hydrogen) atoms. The van der Waals surface area contributed by atoms with E-state index in [2.05, 4.69) is 9.80 Å². The van der Waals surface area contributed by atoms with Crippen LogP contribution in [0.1, 0.15) is 6.42 Å². The molecule has 1 aromatic heterocycles. The lowest BCUT2D eigenvalue weighted by Crippen LogP contribution is -2.37. The minimum atomic E-state index is 0.114. The third-order valence-corrected chi connectivity index (χ3v) is 4.06. The van der Waals surface area contributed by atoms with Gasteiger partial charge in [-0.05, 0) is 18.6 Å². The zero-order chi connectivity index (χ0) is 13.9. The van der Waals surface area contributed by atoms with Gasteiger partial charge in [0, 0.05) is 37.1 Å². The molecule has 2 saturated heterocycles. The third kappa shape index (κ3) is 2.88. The van der Waals surface area contributed by atoms with Crippen LogP contribution >= 0.6 is 11.6 Å². The molecule has 0 radical (unpaired) electrons. The number of morpholine rings is 1. The zero-order valence-electron chi connectivity index (χ0n) is 11.3. The first-order valence-corrected chi connectivity index (χ1v) is 7.34. The van der Waals surface area contributed by atoms with Crippen molar-refractivity contribution in [3.8, 4) is 0 Å². The summed E-state index contributed by atoms with van der Waals surface area (Å²) in [4.78, 5) is 19.9. The van der Waals surface area contributed by atoms with Gasteiger partial charge >= 0.3 is 0 Å². The molecule has 1 unspecified atom stereocenters. The SMILES string of the molecule is O=CC1CCN(c2cc(Cl)cc(N3CCOCC3)n2)C1. The lowest BCUT2D eigenvalue weighted by atomic mass is 10.1. The first-order chi connectivity index (χ1) is 9.76. The Hall–Kier alpha value is -1.33. The van der Waals surface area contributed by atoms with Gasteiger partial charge in [-0.15, -0.1) is 0 Å². The van der Waals surface area contributed by atoms with Crippen molar-refractivity contribution >= 4 is 29.5 Å². The van der Waals surface area contributed by atoms with Crippen LogP contribution in [0.5, 0.6) is 0 Å². The minimum Gasteiger partial charge on any atom is -0.378 e. The Kier molecular flexibility index (Phi) is 4.08. The molecule has 1 atom stereocenters. The van der Waals surface area contributed by atoms with E-state index in [1.807, 2.05) is 12.1 Å². The van der Waals surface area contributed by atoms with Gasteiger partial charge in [-0.3, -0.25) is 0 Å². The summed E-state index contributed by atoms with van der Waals surface area (Å²) in [5, 5.41) is 0.686. The fraction of sp³-hybridized carbons (Fsp3) is 0.571. The largest absolute Gasteiger partial charge is 0.378 e. The molecule has 1 aromatic rings. The highest BCUT2D eigenvalue weighted by molar-refractivity contribution is 6.31. The van der Waals surface area contributed by atoms with E-state index in [-0.39, 0.29) is 5.92 Å². The molecular formula is C14H18ClN3O2. The average molecular weight is 296 g/mol. The molecule has 0 amide bonds. The standard InChI is InChI=1S/C14H18ClN3O2/c15-12-7-13(17-3-5-20-6-4-17)16-14(8-12)18-2-1-11(9-18)10-19/h7-8,10-11H,1-6,9H2. The summed E-state index contributed by atoms with van der Waals surface area (Å²) in [6, 6.07) is 3.77. The van der Waals surface area contributed by atoms with Crippen molar-refractivity contribution in [2.24, 2.45) is 5.92 Å². The molecule has 5 nitrogen and oxygen atoms in total. The molecule has 6 heteroatoms. The fourth-order valence-electron chi connectivity index (χ4n) is 2.69. The number of halogens is 1. The van der Waals surface area contributed by atoms with Crippen molar-refractivity contribution in [1.29, 1.82) is 0 Å². The second-order valence-corrected chi connectivity index (χ2v) is 5.67. The van der Waals surface area contributed by atoms with Crippen molar-refractivity contribution in [3.63, 3.8) is 0 Å². The summed E-state index contributed by atoms with van der Waals surface area (Å²) >= 11 is 6.22. The Bertz CT molecular complexity index is 491. The lowest BCUT2D eigenvalue weighted by molar-refractivity contribution is -0.110. The molecule has 2 fully saturated rings. The molecule has 0 aliphatic carbocycles. The lowest BCUT2D eigenvalue weighted by Gasteiger charge is -2.29. The summed E-state index contributed by atoms with van der Waals surface area (Å²) < 4.78 is 5.36. The van der Waals surface area contributed by atoms with Crippen molar-refractivity contribution in [1.82, 2.24) is 4.98 Å². The number of hydrogen-bond acceptors (Lipinski definition) is 5. The first-order valence-electron chi connectivity index (χ1n) is 6.97. The van der Waals surface area contributed by atoms with Gasteiger partial charge in [0.1, 0.15) is 17.9 Å². The Morgan fingerprint density at radius 2 is 1.90 bits per heavy atom.